The molecule has 2 N–H and O–H groups in total. The van der Waals surface area contributed by atoms with Gasteiger partial charge >= 0.3 is 5.97 Å². The Kier molecular flexibility index (Phi) is 5.72. The summed E-state index contributed by atoms with van der Waals surface area (Å²) >= 11 is 0. The lowest BCUT2D eigenvalue weighted by molar-refractivity contribution is -0.136. The van der Waals surface area contributed by atoms with Gasteiger partial charge in [-0.25, -0.2) is 12.8 Å². The lowest BCUT2D eigenvalue weighted by Gasteiger charge is -2.32. The predicted octanol–water partition coefficient (Wildman–Crippen LogP) is 1.21. The van der Waals surface area contributed by atoms with E-state index in [9.17, 15) is 17.6 Å². The topological polar surface area (TPSA) is 86.7 Å². The third-order valence-electron chi connectivity index (χ3n) is 3.97. The van der Waals surface area contributed by atoms with Gasteiger partial charge in [0.2, 0.25) is 10.0 Å². The van der Waals surface area contributed by atoms with Gasteiger partial charge in [-0.15, -0.1) is 0 Å². The molecule has 1 heterocycles. The molecule has 1 fully saturated rings. The lowest BCUT2D eigenvalue weighted by atomic mass is 10.00. The number of halogens is 1. The normalized spacial score (nSPS) is 19.7. The molecule has 0 radical (unpaired) electrons. The number of nitrogens with zero attached hydrogens (tertiary/aromatic N) is 1. The first-order valence-electron chi connectivity index (χ1n) is 7.49. The Balaban J connectivity index is 2.06. The summed E-state index contributed by atoms with van der Waals surface area (Å²) in [6.45, 7) is 2.58. The zero-order chi connectivity index (χ0) is 17.0. The van der Waals surface area contributed by atoms with Crippen LogP contribution in [0.5, 0.6) is 0 Å². The summed E-state index contributed by atoms with van der Waals surface area (Å²) in [4.78, 5) is 10.5. The van der Waals surface area contributed by atoms with E-state index in [4.69, 9.17) is 5.11 Å². The van der Waals surface area contributed by atoms with Crippen molar-refractivity contribution in [3.63, 3.8) is 0 Å². The van der Waals surface area contributed by atoms with Crippen molar-refractivity contribution >= 4 is 16.0 Å². The molecule has 0 bridgehead atoms. The summed E-state index contributed by atoms with van der Waals surface area (Å²) in [6, 6.07) is 3.93. The van der Waals surface area contributed by atoms with E-state index in [1.165, 1.54) is 16.4 Å². The minimum Gasteiger partial charge on any atom is -0.480 e. The van der Waals surface area contributed by atoms with Crippen molar-refractivity contribution in [1.29, 1.82) is 0 Å². The van der Waals surface area contributed by atoms with Gasteiger partial charge < -0.3 is 10.4 Å². The van der Waals surface area contributed by atoms with Crippen molar-refractivity contribution in [2.75, 3.05) is 26.2 Å². The van der Waals surface area contributed by atoms with Gasteiger partial charge in [-0.2, -0.15) is 4.31 Å². The molecule has 0 aliphatic carbocycles. The van der Waals surface area contributed by atoms with E-state index in [2.05, 4.69) is 5.32 Å². The standard InChI is InChI=1S/C15H21FN2O4S/c1-11-4-5-13(7-14(11)16)23(21,22)18-6-2-3-12(10-18)8-17-9-15(19)20/h4-5,7,12,17H,2-3,6,8-10H2,1H3,(H,19,20). The van der Waals surface area contributed by atoms with Gasteiger partial charge in [-0.05, 0) is 49.9 Å². The molecular formula is C15H21FN2O4S. The maximum Gasteiger partial charge on any atom is 0.317 e. The Hall–Kier alpha value is -1.51. The monoisotopic (exact) mass is 344 g/mol. The van der Waals surface area contributed by atoms with Crippen LogP contribution in [0.25, 0.3) is 0 Å². The lowest BCUT2D eigenvalue weighted by Crippen LogP contribution is -2.43. The summed E-state index contributed by atoms with van der Waals surface area (Å²) < 4.78 is 40.2. The highest BCUT2D eigenvalue weighted by Crippen LogP contribution is 2.24. The van der Waals surface area contributed by atoms with E-state index in [1.807, 2.05) is 0 Å². The molecular weight excluding hydrogens is 323 g/mol. The van der Waals surface area contributed by atoms with E-state index in [1.54, 1.807) is 6.92 Å². The minimum absolute atomic E-state index is 0.0419. The van der Waals surface area contributed by atoms with Crippen molar-refractivity contribution in [1.82, 2.24) is 9.62 Å². The number of aryl methyl sites for hydroxylation is 1. The van der Waals surface area contributed by atoms with Crippen LogP contribution in [0.3, 0.4) is 0 Å². The molecule has 0 amide bonds. The Labute approximate surface area is 135 Å². The van der Waals surface area contributed by atoms with E-state index in [-0.39, 0.29) is 17.4 Å². The zero-order valence-electron chi connectivity index (χ0n) is 13.0. The number of hydrogen-bond donors (Lipinski definition) is 2. The second kappa shape index (κ2) is 7.37. The fourth-order valence-electron chi connectivity index (χ4n) is 2.68. The molecule has 0 spiro atoms. The molecule has 1 unspecified atom stereocenters. The van der Waals surface area contributed by atoms with Gasteiger partial charge in [0.15, 0.2) is 0 Å². The highest BCUT2D eigenvalue weighted by Gasteiger charge is 2.30. The van der Waals surface area contributed by atoms with Gasteiger partial charge in [0.05, 0.1) is 11.4 Å². The van der Waals surface area contributed by atoms with E-state index >= 15 is 0 Å². The number of carboxylic acids is 1. The first kappa shape index (κ1) is 17.8. The second-order valence-corrected chi connectivity index (χ2v) is 7.74. The van der Waals surface area contributed by atoms with Crippen molar-refractivity contribution in [2.24, 2.45) is 5.92 Å². The second-order valence-electron chi connectivity index (χ2n) is 5.81. The number of benzene rings is 1. The molecule has 1 atom stereocenters. The van der Waals surface area contributed by atoms with E-state index < -0.39 is 21.8 Å². The number of hydrogen-bond acceptors (Lipinski definition) is 4. The van der Waals surface area contributed by atoms with Crippen LogP contribution in [-0.2, 0) is 14.8 Å². The third-order valence-corrected chi connectivity index (χ3v) is 5.83. The van der Waals surface area contributed by atoms with Crippen LogP contribution in [0.15, 0.2) is 23.1 Å². The number of aliphatic carboxylic acids is 1. The largest absolute Gasteiger partial charge is 0.480 e. The fraction of sp³-hybridized carbons (Fsp3) is 0.533. The summed E-state index contributed by atoms with van der Waals surface area (Å²) in [5, 5.41) is 11.4. The van der Waals surface area contributed by atoms with Crippen LogP contribution in [0, 0.1) is 18.7 Å². The van der Waals surface area contributed by atoms with Gasteiger partial charge in [0.1, 0.15) is 5.82 Å². The Morgan fingerprint density at radius 3 is 2.87 bits per heavy atom. The Bertz CT molecular complexity index is 678. The summed E-state index contributed by atoms with van der Waals surface area (Å²) in [6.07, 6.45) is 1.54. The number of nitrogens with one attached hydrogen (secondary N) is 1. The quantitative estimate of drug-likeness (QED) is 0.810. The minimum atomic E-state index is -3.73. The summed E-state index contributed by atoms with van der Waals surface area (Å²) in [5.41, 5.74) is 0.401. The van der Waals surface area contributed by atoms with E-state index in [0.717, 1.165) is 12.5 Å². The molecule has 8 heteroatoms. The smallest absolute Gasteiger partial charge is 0.317 e. The maximum absolute atomic E-state index is 13.6. The molecule has 6 nitrogen and oxygen atoms in total. The van der Waals surface area contributed by atoms with Crippen LogP contribution in [0.2, 0.25) is 0 Å². The molecule has 1 aliphatic heterocycles. The van der Waals surface area contributed by atoms with Crippen molar-refractivity contribution in [3.8, 4) is 0 Å². The number of carboxylic acid groups (broad SMARTS) is 1. The molecule has 1 saturated heterocycles. The average molecular weight is 344 g/mol. The number of sulfonamides is 1. The first-order chi connectivity index (χ1) is 10.8. The SMILES string of the molecule is Cc1ccc(S(=O)(=O)N2CCCC(CNCC(=O)O)C2)cc1F. The number of rotatable bonds is 6. The van der Waals surface area contributed by atoms with Gasteiger partial charge in [-0.3, -0.25) is 4.79 Å². The molecule has 128 valence electrons. The Morgan fingerprint density at radius 1 is 1.48 bits per heavy atom. The molecule has 1 aromatic rings. The highest BCUT2D eigenvalue weighted by molar-refractivity contribution is 7.89. The van der Waals surface area contributed by atoms with Gasteiger partial charge in [-0.1, -0.05) is 6.07 Å². The van der Waals surface area contributed by atoms with Crippen LogP contribution >= 0.6 is 0 Å². The van der Waals surface area contributed by atoms with Crippen LogP contribution in [-0.4, -0.2) is 50.0 Å². The van der Waals surface area contributed by atoms with Crippen LogP contribution in [0.4, 0.5) is 4.39 Å². The third kappa shape index (κ3) is 4.49. The molecule has 1 aromatic carbocycles. The highest BCUT2D eigenvalue weighted by atomic mass is 32.2. The van der Waals surface area contributed by atoms with Crippen molar-refractivity contribution in [3.05, 3.63) is 29.6 Å². The van der Waals surface area contributed by atoms with Crippen molar-refractivity contribution < 1.29 is 22.7 Å². The van der Waals surface area contributed by atoms with Gasteiger partial charge in [0.25, 0.3) is 0 Å². The fourth-order valence-corrected chi connectivity index (χ4v) is 4.25. The molecule has 2 rings (SSSR count). The van der Waals surface area contributed by atoms with Gasteiger partial charge in [0, 0.05) is 13.1 Å². The van der Waals surface area contributed by atoms with Crippen LogP contribution < -0.4 is 5.32 Å². The zero-order valence-corrected chi connectivity index (χ0v) is 13.8. The van der Waals surface area contributed by atoms with E-state index in [0.29, 0.717) is 31.6 Å². The van der Waals surface area contributed by atoms with Crippen LogP contribution in [0.1, 0.15) is 18.4 Å². The number of piperidine rings is 1. The Morgan fingerprint density at radius 2 is 2.22 bits per heavy atom. The van der Waals surface area contributed by atoms with Crippen molar-refractivity contribution in [2.45, 2.75) is 24.7 Å². The molecule has 0 saturated carbocycles. The average Bonchev–Trinajstić information content (AvgIpc) is 2.50. The number of carbonyl (C=O) groups is 1. The maximum atomic E-state index is 13.6. The first-order valence-corrected chi connectivity index (χ1v) is 8.93. The molecule has 1 aliphatic rings. The predicted molar refractivity (Wildman–Crippen MR) is 83.1 cm³/mol. The molecule has 0 aromatic heterocycles. The summed E-state index contributed by atoms with van der Waals surface area (Å²) in [7, 11) is -3.73. The summed E-state index contributed by atoms with van der Waals surface area (Å²) in [5.74, 6) is -1.43. The molecule has 23 heavy (non-hydrogen) atoms.